The van der Waals surface area contributed by atoms with Crippen LogP contribution in [0.2, 0.25) is 0 Å². The molecule has 2 N–H and O–H groups in total. The molecular weight excluding hydrogens is 322 g/mol. The van der Waals surface area contributed by atoms with E-state index in [4.69, 9.17) is 5.14 Å². The molecule has 22 heavy (non-hydrogen) atoms. The maximum atomic E-state index is 11.5. The topological polar surface area (TPSA) is 95.0 Å². The zero-order valence-electron chi connectivity index (χ0n) is 12.7. The van der Waals surface area contributed by atoms with Gasteiger partial charge < -0.3 is 4.57 Å². The number of fused-ring (bicyclic) bond motifs is 1. The number of thioether (sulfide) groups is 1. The highest BCUT2D eigenvalue weighted by atomic mass is 32.2. The van der Waals surface area contributed by atoms with Gasteiger partial charge in [-0.2, -0.15) is 0 Å². The summed E-state index contributed by atoms with van der Waals surface area (Å²) in [6.07, 6.45) is 0.907. The van der Waals surface area contributed by atoms with Gasteiger partial charge in [0.05, 0.1) is 21.2 Å². The molecule has 1 aromatic heterocycles. The second-order valence-corrected chi connectivity index (χ2v) is 7.98. The molecule has 0 aliphatic carbocycles. The molecule has 0 aliphatic rings. The third kappa shape index (κ3) is 3.50. The molecule has 0 bridgehead atoms. The molecule has 8 heteroatoms. The molecule has 2 rings (SSSR count). The van der Waals surface area contributed by atoms with Crippen LogP contribution in [0.4, 0.5) is 0 Å². The number of hydrogen-bond donors (Lipinski definition) is 1. The fourth-order valence-electron chi connectivity index (χ4n) is 2.04. The minimum absolute atomic E-state index is 0.0392. The molecule has 0 radical (unpaired) electrons. The molecule has 1 atom stereocenters. The first kappa shape index (κ1) is 17.0. The first-order valence-corrected chi connectivity index (χ1v) is 9.36. The average molecular weight is 341 g/mol. The molecular formula is C14H19N3O3S2. The summed E-state index contributed by atoms with van der Waals surface area (Å²) in [5, 5.41) is 5.67. The van der Waals surface area contributed by atoms with Crippen LogP contribution in [0.3, 0.4) is 0 Å². The highest BCUT2D eigenvalue weighted by Gasteiger charge is 2.18. The third-order valence-corrected chi connectivity index (χ3v) is 5.43. The van der Waals surface area contributed by atoms with E-state index in [1.807, 2.05) is 18.4 Å². The highest BCUT2D eigenvalue weighted by Crippen LogP contribution is 2.29. The lowest BCUT2D eigenvalue weighted by atomic mass is 10.3. The summed E-state index contributed by atoms with van der Waals surface area (Å²) in [6.45, 7) is 6.17. The van der Waals surface area contributed by atoms with Crippen molar-refractivity contribution in [3.63, 3.8) is 0 Å². The van der Waals surface area contributed by atoms with Crippen molar-refractivity contribution in [1.29, 1.82) is 0 Å². The van der Waals surface area contributed by atoms with Gasteiger partial charge in [-0.25, -0.2) is 18.5 Å². The van der Waals surface area contributed by atoms with Gasteiger partial charge in [0, 0.05) is 6.54 Å². The Balaban J connectivity index is 2.55. The molecule has 0 aliphatic heterocycles. The summed E-state index contributed by atoms with van der Waals surface area (Å²) in [6, 6.07) is 4.66. The van der Waals surface area contributed by atoms with Gasteiger partial charge in [0.15, 0.2) is 5.16 Å². The Morgan fingerprint density at radius 2 is 2.14 bits per heavy atom. The predicted molar refractivity (Wildman–Crippen MR) is 87.4 cm³/mol. The monoisotopic (exact) mass is 341 g/mol. The summed E-state index contributed by atoms with van der Waals surface area (Å²) in [5.74, 6) is 0.0744. The molecule has 6 nitrogen and oxygen atoms in total. The van der Waals surface area contributed by atoms with Gasteiger partial charge in [-0.1, -0.05) is 18.7 Å². The van der Waals surface area contributed by atoms with E-state index in [1.54, 1.807) is 13.0 Å². The molecule has 120 valence electrons. The third-order valence-electron chi connectivity index (χ3n) is 3.32. The van der Waals surface area contributed by atoms with E-state index in [2.05, 4.69) is 4.98 Å². The van der Waals surface area contributed by atoms with E-state index >= 15 is 0 Å². The van der Waals surface area contributed by atoms with Gasteiger partial charge in [-0.05, 0) is 38.5 Å². The van der Waals surface area contributed by atoms with Crippen LogP contribution >= 0.6 is 11.8 Å². The molecule has 1 unspecified atom stereocenters. The number of hydrogen-bond acceptors (Lipinski definition) is 5. The average Bonchev–Trinajstić information content (AvgIpc) is 2.75. The zero-order chi connectivity index (χ0) is 16.5. The first-order chi connectivity index (χ1) is 10.2. The van der Waals surface area contributed by atoms with Crippen LogP contribution in [0.1, 0.15) is 27.2 Å². The van der Waals surface area contributed by atoms with Crippen molar-refractivity contribution in [2.24, 2.45) is 5.14 Å². The van der Waals surface area contributed by atoms with Crippen molar-refractivity contribution >= 4 is 38.6 Å². The Labute approximate surface area is 134 Å². The largest absolute Gasteiger partial charge is 0.319 e. The van der Waals surface area contributed by atoms with E-state index in [0.29, 0.717) is 10.7 Å². The molecule has 1 aromatic carbocycles. The van der Waals surface area contributed by atoms with E-state index in [0.717, 1.165) is 18.5 Å². The van der Waals surface area contributed by atoms with Crippen molar-refractivity contribution < 1.29 is 13.2 Å². The minimum atomic E-state index is -3.76. The summed E-state index contributed by atoms with van der Waals surface area (Å²) in [4.78, 5) is 16.0. The van der Waals surface area contributed by atoms with Crippen LogP contribution in [0.5, 0.6) is 0 Å². The lowest BCUT2D eigenvalue weighted by molar-refractivity contribution is -0.116. The standard InChI is InChI=1S/C14H19N3O3S2/c1-4-7-17-13-6-5-11(22(15,19)20)8-12(13)16-14(17)21-10(3)9(2)18/h5-6,8,10H,4,7H2,1-3H3,(H2,15,19,20). The maximum absolute atomic E-state index is 11.5. The van der Waals surface area contributed by atoms with Gasteiger partial charge in [-0.3, -0.25) is 4.79 Å². The maximum Gasteiger partial charge on any atom is 0.238 e. The number of Topliss-reactive ketones (excluding diaryl/α,β-unsaturated/α-hetero) is 1. The van der Waals surface area contributed by atoms with Crippen molar-refractivity contribution in [3.05, 3.63) is 18.2 Å². The van der Waals surface area contributed by atoms with Crippen molar-refractivity contribution in [3.8, 4) is 0 Å². The van der Waals surface area contributed by atoms with Crippen LogP contribution in [0, 0.1) is 0 Å². The Hall–Kier alpha value is -1.38. The summed E-state index contributed by atoms with van der Waals surface area (Å²) < 4.78 is 24.9. The Morgan fingerprint density at radius 3 is 2.68 bits per heavy atom. The van der Waals surface area contributed by atoms with Gasteiger partial charge in [0.1, 0.15) is 5.78 Å². The molecule has 0 spiro atoms. The Bertz CT molecular complexity index is 812. The SMILES string of the molecule is CCCn1c(SC(C)C(C)=O)nc2cc(S(N)(=O)=O)ccc21. The van der Waals surface area contributed by atoms with Gasteiger partial charge >= 0.3 is 0 Å². The van der Waals surface area contributed by atoms with Crippen LogP contribution < -0.4 is 5.14 Å². The lowest BCUT2D eigenvalue weighted by Gasteiger charge is -2.10. The highest BCUT2D eigenvalue weighted by molar-refractivity contribution is 8.00. The number of sulfonamides is 1. The smallest absolute Gasteiger partial charge is 0.238 e. The van der Waals surface area contributed by atoms with Crippen molar-refractivity contribution in [2.45, 2.75) is 49.0 Å². The van der Waals surface area contributed by atoms with Crippen LogP contribution in [-0.4, -0.2) is 29.0 Å². The molecule has 1 heterocycles. The van der Waals surface area contributed by atoms with E-state index < -0.39 is 10.0 Å². The number of aryl methyl sites for hydroxylation is 1. The molecule has 0 fully saturated rings. The van der Waals surface area contributed by atoms with E-state index in [-0.39, 0.29) is 15.9 Å². The van der Waals surface area contributed by atoms with E-state index in [1.165, 1.54) is 23.9 Å². The first-order valence-electron chi connectivity index (χ1n) is 6.94. The summed E-state index contributed by atoms with van der Waals surface area (Å²) in [5.41, 5.74) is 1.41. The zero-order valence-corrected chi connectivity index (χ0v) is 14.4. The van der Waals surface area contributed by atoms with E-state index in [9.17, 15) is 13.2 Å². The second-order valence-electron chi connectivity index (χ2n) is 5.11. The van der Waals surface area contributed by atoms with Crippen molar-refractivity contribution in [1.82, 2.24) is 9.55 Å². The fourth-order valence-corrected chi connectivity index (χ4v) is 3.52. The molecule has 0 amide bonds. The number of ketones is 1. The van der Waals surface area contributed by atoms with Gasteiger partial charge in [0.25, 0.3) is 0 Å². The summed E-state index contributed by atoms with van der Waals surface area (Å²) in [7, 11) is -3.76. The lowest BCUT2D eigenvalue weighted by Crippen LogP contribution is -2.11. The fraction of sp³-hybridized carbons (Fsp3) is 0.429. The number of nitrogens with two attached hydrogens (primary N) is 1. The van der Waals surface area contributed by atoms with Crippen molar-refractivity contribution in [2.75, 3.05) is 0 Å². The predicted octanol–water partition coefficient (Wildman–Crippen LogP) is 2.16. The van der Waals surface area contributed by atoms with Crippen LogP contribution in [-0.2, 0) is 21.4 Å². The van der Waals surface area contributed by atoms with Crippen LogP contribution in [0.15, 0.2) is 28.3 Å². The number of nitrogens with zero attached hydrogens (tertiary/aromatic N) is 2. The quantitative estimate of drug-likeness (QED) is 0.812. The number of carbonyl (C=O) groups is 1. The number of primary sulfonamides is 1. The Morgan fingerprint density at radius 1 is 1.45 bits per heavy atom. The van der Waals surface area contributed by atoms with Gasteiger partial charge in [0.2, 0.25) is 10.0 Å². The second kappa shape index (κ2) is 6.39. The Kier molecular flexibility index (Phi) is 4.93. The number of carbonyl (C=O) groups excluding carboxylic acids is 1. The number of rotatable bonds is 6. The molecule has 0 saturated carbocycles. The van der Waals surface area contributed by atoms with Crippen LogP contribution in [0.25, 0.3) is 11.0 Å². The normalized spacial score (nSPS) is 13.5. The number of benzene rings is 1. The number of aromatic nitrogens is 2. The number of imidazole rings is 1. The molecule has 0 saturated heterocycles. The van der Waals surface area contributed by atoms with Gasteiger partial charge in [-0.15, -0.1) is 0 Å². The molecule has 2 aromatic rings. The summed E-state index contributed by atoms with van der Waals surface area (Å²) >= 11 is 1.38. The minimum Gasteiger partial charge on any atom is -0.319 e.